The molecular formula is C12H13NO2. The van der Waals surface area contributed by atoms with Gasteiger partial charge in [0.05, 0.1) is 5.92 Å². The Morgan fingerprint density at radius 2 is 2.00 bits per heavy atom. The largest absolute Gasteiger partial charge is 0.296 e. The van der Waals surface area contributed by atoms with Gasteiger partial charge in [-0.25, -0.2) is 0 Å². The maximum Gasteiger partial charge on any atom is 0.234 e. The lowest BCUT2D eigenvalue weighted by atomic mass is 9.92. The topological polar surface area (TPSA) is 46.2 Å². The molecule has 0 bridgehead atoms. The summed E-state index contributed by atoms with van der Waals surface area (Å²) in [6.45, 7) is 3.95. The molecule has 1 aliphatic heterocycles. The average Bonchev–Trinajstić information content (AvgIpc) is 2.50. The second-order valence-electron chi connectivity index (χ2n) is 4.03. The normalized spacial score (nSPS) is 20.5. The van der Waals surface area contributed by atoms with Crippen LogP contribution in [0.3, 0.4) is 0 Å². The predicted octanol–water partition coefficient (Wildman–Crippen LogP) is 1.43. The van der Waals surface area contributed by atoms with E-state index in [1.54, 1.807) is 0 Å². The fraction of sp³-hybridized carbons (Fsp3) is 0.333. The van der Waals surface area contributed by atoms with Gasteiger partial charge in [0.2, 0.25) is 11.8 Å². The van der Waals surface area contributed by atoms with Gasteiger partial charge in [-0.05, 0) is 25.0 Å². The van der Waals surface area contributed by atoms with Gasteiger partial charge in [0.1, 0.15) is 0 Å². The van der Waals surface area contributed by atoms with E-state index < -0.39 is 0 Å². The first-order chi connectivity index (χ1) is 7.08. The maximum absolute atomic E-state index is 11.5. The lowest BCUT2D eigenvalue weighted by Crippen LogP contribution is -2.21. The number of aryl methyl sites for hydroxylation is 2. The van der Waals surface area contributed by atoms with Crippen molar-refractivity contribution < 1.29 is 9.59 Å². The fourth-order valence-corrected chi connectivity index (χ4v) is 1.94. The van der Waals surface area contributed by atoms with Gasteiger partial charge in [0.25, 0.3) is 0 Å². The molecule has 1 aromatic carbocycles. The van der Waals surface area contributed by atoms with Crippen molar-refractivity contribution in [1.29, 1.82) is 0 Å². The van der Waals surface area contributed by atoms with E-state index in [2.05, 4.69) is 5.32 Å². The van der Waals surface area contributed by atoms with E-state index in [1.807, 2.05) is 32.0 Å². The maximum atomic E-state index is 11.5. The number of hydrogen-bond acceptors (Lipinski definition) is 2. The van der Waals surface area contributed by atoms with Crippen LogP contribution in [0, 0.1) is 13.8 Å². The van der Waals surface area contributed by atoms with E-state index in [-0.39, 0.29) is 24.2 Å². The van der Waals surface area contributed by atoms with Crippen LogP contribution in [0.5, 0.6) is 0 Å². The molecule has 1 fully saturated rings. The molecule has 3 heteroatoms. The van der Waals surface area contributed by atoms with Gasteiger partial charge in [-0.3, -0.25) is 14.9 Å². The fourth-order valence-electron chi connectivity index (χ4n) is 1.94. The van der Waals surface area contributed by atoms with E-state index in [0.29, 0.717) is 0 Å². The van der Waals surface area contributed by atoms with Crippen LogP contribution < -0.4 is 5.32 Å². The molecule has 0 aromatic heterocycles. The van der Waals surface area contributed by atoms with Crippen LogP contribution in [-0.2, 0) is 9.59 Å². The Hall–Kier alpha value is -1.64. The number of imide groups is 1. The van der Waals surface area contributed by atoms with Gasteiger partial charge in [-0.2, -0.15) is 0 Å². The number of carbonyl (C=O) groups is 2. The molecule has 78 valence electrons. The highest BCUT2D eigenvalue weighted by molar-refractivity contribution is 6.06. The molecule has 2 rings (SSSR count). The highest BCUT2D eigenvalue weighted by atomic mass is 16.2. The number of nitrogens with one attached hydrogen (secondary N) is 1. The minimum absolute atomic E-state index is 0.172. The van der Waals surface area contributed by atoms with Gasteiger partial charge in [-0.1, -0.05) is 23.8 Å². The molecule has 1 unspecified atom stereocenters. The van der Waals surface area contributed by atoms with Gasteiger partial charge in [0.15, 0.2) is 0 Å². The Bertz CT molecular complexity index is 437. The second-order valence-corrected chi connectivity index (χ2v) is 4.03. The molecule has 1 heterocycles. The van der Waals surface area contributed by atoms with Gasteiger partial charge in [-0.15, -0.1) is 0 Å². The summed E-state index contributed by atoms with van der Waals surface area (Å²) in [4.78, 5) is 22.6. The molecule has 0 spiro atoms. The molecule has 1 aromatic rings. The molecule has 2 amide bonds. The van der Waals surface area contributed by atoms with Gasteiger partial charge in [0, 0.05) is 6.42 Å². The van der Waals surface area contributed by atoms with Crippen LogP contribution in [0.2, 0.25) is 0 Å². The van der Waals surface area contributed by atoms with Crippen LogP contribution in [-0.4, -0.2) is 11.8 Å². The lowest BCUT2D eigenvalue weighted by Gasteiger charge is -2.10. The SMILES string of the molecule is Cc1ccc(C)c(C2CC(=O)NC2=O)c1. The Morgan fingerprint density at radius 1 is 1.27 bits per heavy atom. The summed E-state index contributed by atoms with van der Waals surface area (Å²) in [5.74, 6) is -0.642. The van der Waals surface area contributed by atoms with Gasteiger partial charge >= 0.3 is 0 Å². The first-order valence-corrected chi connectivity index (χ1v) is 4.99. The quantitative estimate of drug-likeness (QED) is 0.702. The molecule has 15 heavy (non-hydrogen) atoms. The van der Waals surface area contributed by atoms with Crippen LogP contribution in [0.15, 0.2) is 18.2 Å². The summed E-state index contributed by atoms with van der Waals surface area (Å²) < 4.78 is 0. The van der Waals surface area contributed by atoms with Crippen molar-refractivity contribution in [2.24, 2.45) is 0 Å². The van der Waals surface area contributed by atoms with Crippen molar-refractivity contribution in [1.82, 2.24) is 5.32 Å². The first kappa shape index (κ1) is 9.90. The van der Waals surface area contributed by atoms with E-state index in [0.717, 1.165) is 16.7 Å². The molecule has 0 radical (unpaired) electrons. The number of carbonyl (C=O) groups excluding carboxylic acids is 2. The van der Waals surface area contributed by atoms with Crippen molar-refractivity contribution in [3.05, 3.63) is 34.9 Å². The van der Waals surface area contributed by atoms with Crippen molar-refractivity contribution >= 4 is 11.8 Å². The minimum atomic E-state index is -0.294. The van der Waals surface area contributed by atoms with Crippen molar-refractivity contribution in [3.63, 3.8) is 0 Å². The predicted molar refractivity (Wildman–Crippen MR) is 56.4 cm³/mol. The number of amides is 2. The first-order valence-electron chi connectivity index (χ1n) is 4.99. The summed E-state index contributed by atoms with van der Waals surface area (Å²) >= 11 is 0. The van der Waals surface area contributed by atoms with Crippen molar-refractivity contribution in [2.45, 2.75) is 26.2 Å². The molecule has 1 aliphatic rings. The molecule has 1 saturated heterocycles. The smallest absolute Gasteiger partial charge is 0.234 e. The summed E-state index contributed by atoms with van der Waals surface area (Å²) in [5, 5.41) is 2.33. The zero-order chi connectivity index (χ0) is 11.0. The van der Waals surface area contributed by atoms with Crippen molar-refractivity contribution in [3.8, 4) is 0 Å². The van der Waals surface area contributed by atoms with Crippen molar-refractivity contribution in [2.75, 3.05) is 0 Å². The van der Waals surface area contributed by atoms with Crippen LogP contribution >= 0.6 is 0 Å². The summed E-state index contributed by atoms with van der Waals surface area (Å²) in [6, 6.07) is 5.98. The standard InChI is InChI=1S/C12H13NO2/c1-7-3-4-8(2)9(5-7)10-6-11(14)13-12(10)15/h3-5,10H,6H2,1-2H3,(H,13,14,15). The molecule has 0 aliphatic carbocycles. The third-order valence-corrected chi connectivity index (χ3v) is 2.78. The van der Waals surface area contributed by atoms with E-state index >= 15 is 0 Å². The number of hydrogen-bond donors (Lipinski definition) is 1. The highest BCUT2D eigenvalue weighted by Gasteiger charge is 2.32. The molecule has 3 nitrogen and oxygen atoms in total. The van der Waals surface area contributed by atoms with E-state index in [1.165, 1.54) is 0 Å². The summed E-state index contributed by atoms with van der Waals surface area (Å²) in [5.41, 5.74) is 3.15. The van der Waals surface area contributed by atoms with Gasteiger partial charge < -0.3 is 0 Å². The Morgan fingerprint density at radius 3 is 2.60 bits per heavy atom. The molecule has 1 atom stereocenters. The van der Waals surface area contributed by atoms with Crippen LogP contribution in [0.25, 0.3) is 0 Å². The van der Waals surface area contributed by atoms with Crippen LogP contribution in [0.4, 0.5) is 0 Å². The monoisotopic (exact) mass is 203 g/mol. The number of rotatable bonds is 1. The Labute approximate surface area is 88.5 Å². The minimum Gasteiger partial charge on any atom is -0.296 e. The second kappa shape index (κ2) is 3.50. The molecular weight excluding hydrogens is 190 g/mol. The van der Waals surface area contributed by atoms with E-state index in [9.17, 15) is 9.59 Å². The Kier molecular flexibility index (Phi) is 2.31. The third kappa shape index (κ3) is 1.77. The lowest BCUT2D eigenvalue weighted by molar-refractivity contribution is -0.125. The zero-order valence-corrected chi connectivity index (χ0v) is 8.83. The highest BCUT2D eigenvalue weighted by Crippen LogP contribution is 2.27. The average molecular weight is 203 g/mol. The molecule has 1 N–H and O–H groups in total. The summed E-state index contributed by atoms with van der Waals surface area (Å²) in [6.07, 6.45) is 0.281. The van der Waals surface area contributed by atoms with Crippen LogP contribution in [0.1, 0.15) is 29.0 Å². The van der Waals surface area contributed by atoms with E-state index in [4.69, 9.17) is 0 Å². The Balaban J connectivity index is 2.41. The zero-order valence-electron chi connectivity index (χ0n) is 8.83. The molecule has 0 saturated carbocycles. The number of benzene rings is 1. The summed E-state index contributed by atoms with van der Waals surface area (Å²) in [7, 11) is 0. The third-order valence-electron chi connectivity index (χ3n) is 2.78.